The number of aliphatic carboxylic acids is 1. The molecule has 2 nitrogen and oxygen atoms in total. The summed E-state index contributed by atoms with van der Waals surface area (Å²) < 4.78 is 1.53. The normalized spacial score (nSPS) is 11.4. The molecule has 0 aromatic carbocycles. The molecule has 3 heteroatoms. The van der Waals surface area contributed by atoms with Gasteiger partial charge in [0.2, 0.25) is 0 Å². The second-order valence-corrected chi connectivity index (χ2v) is 1.72. The lowest BCUT2D eigenvalue weighted by Gasteiger charge is -1.83. The second-order valence-electron chi connectivity index (χ2n) is 1.10. The van der Waals surface area contributed by atoms with Crippen molar-refractivity contribution in [3.05, 3.63) is 9.66 Å². The first kappa shape index (κ1) is 6.94. The van der Waals surface area contributed by atoms with E-state index in [0.717, 1.165) is 0 Å². The van der Waals surface area contributed by atoms with Crippen molar-refractivity contribution in [3.63, 3.8) is 0 Å². The number of rotatable bonds is 1. The van der Waals surface area contributed by atoms with Gasteiger partial charge in [-0.25, -0.2) is 4.79 Å². The molecule has 0 saturated heterocycles. The highest BCUT2D eigenvalue weighted by Crippen LogP contribution is 1.95. The van der Waals surface area contributed by atoms with E-state index in [9.17, 15) is 4.79 Å². The van der Waals surface area contributed by atoms with Crippen molar-refractivity contribution in [2.75, 3.05) is 0 Å². The van der Waals surface area contributed by atoms with Gasteiger partial charge in [0.1, 0.15) is 0 Å². The molecule has 0 aromatic heterocycles. The van der Waals surface area contributed by atoms with E-state index in [1.165, 1.54) is 4.08 Å². The van der Waals surface area contributed by atoms with Gasteiger partial charge in [0.15, 0.2) is 0 Å². The lowest BCUT2D eigenvalue weighted by atomic mass is 10.4. The number of hydrogen-bond donors (Lipinski definition) is 1. The van der Waals surface area contributed by atoms with Crippen molar-refractivity contribution < 1.29 is 9.90 Å². The molecule has 0 aliphatic heterocycles. The minimum absolute atomic E-state index is 0.376. The van der Waals surface area contributed by atoms with Crippen LogP contribution in [0.4, 0.5) is 0 Å². The number of halogens is 1. The van der Waals surface area contributed by atoms with Gasteiger partial charge in [-0.3, -0.25) is 0 Å². The highest BCUT2D eigenvalue weighted by molar-refractivity contribution is 14.1. The van der Waals surface area contributed by atoms with Crippen molar-refractivity contribution in [1.29, 1.82) is 0 Å². The van der Waals surface area contributed by atoms with Gasteiger partial charge in [-0.05, 0) is 11.0 Å². The maximum Gasteiger partial charge on any atom is 0.331 e. The van der Waals surface area contributed by atoms with Crippen LogP contribution in [0.25, 0.3) is 0 Å². The molecule has 40 valence electrons. The van der Waals surface area contributed by atoms with Crippen LogP contribution < -0.4 is 0 Å². The quantitative estimate of drug-likeness (QED) is 0.527. The average Bonchev–Trinajstić information content (AvgIpc) is 1.65. The molecule has 7 heavy (non-hydrogen) atoms. The van der Waals surface area contributed by atoms with Crippen LogP contribution in [0, 0.1) is 0 Å². The van der Waals surface area contributed by atoms with Gasteiger partial charge in [-0.1, -0.05) is 22.6 Å². The van der Waals surface area contributed by atoms with Gasteiger partial charge >= 0.3 is 5.97 Å². The fraction of sp³-hybridized carbons (Fsp3) is 0.250. The maximum absolute atomic E-state index is 9.86. The lowest BCUT2D eigenvalue weighted by Crippen LogP contribution is -1.93. The lowest BCUT2D eigenvalue weighted by molar-refractivity contribution is -0.132. The Balaban J connectivity index is 3.82. The monoisotopic (exact) mass is 212 g/mol. The van der Waals surface area contributed by atoms with E-state index >= 15 is 0 Å². The molecule has 0 radical (unpaired) electrons. The third-order valence-corrected chi connectivity index (χ3v) is 1.44. The van der Waals surface area contributed by atoms with E-state index in [0.29, 0.717) is 5.57 Å². The highest BCUT2D eigenvalue weighted by Gasteiger charge is 1.94. The zero-order valence-corrected chi connectivity index (χ0v) is 5.97. The van der Waals surface area contributed by atoms with Crippen molar-refractivity contribution in [2.24, 2.45) is 0 Å². The molecule has 0 fully saturated rings. The van der Waals surface area contributed by atoms with Crippen molar-refractivity contribution >= 4 is 28.6 Å². The molecule has 0 spiro atoms. The second kappa shape index (κ2) is 3.01. The summed E-state index contributed by atoms with van der Waals surface area (Å²) in [5.74, 6) is -0.852. The van der Waals surface area contributed by atoms with Crippen LogP contribution in [-0.2, 0) is 4.79 Å². The van der Waals surface area contributed by atoms with Crippen LogP contribution in [0.5, 0.6) is 0 Å². The average molecular weight is 212 g/mol. The van der Waals surface area contributed by atoms with Gasteiger partial charge in [0.05, 0.1) is 0 Å². The number of carboxylic acid groups (broad SMARTS) is 1. The summed E-state index contributed by atoms with van der Waals surface area (Å²) >= 11 is 1.89. The smallest absolute Gasteiger partial charge is 0.331 e. The van der Waals surface area contributed by atoms with Gasteiger partial charge in [-0.15, -0.1) is 0 Å². The Morgan fingerprint density at radius 1 is 1.86 bits per heavy atom. The molecule has 1 N–H and O–H groups in total. The first-order valence-electron chi connectivity index (χ1n) is 1.68. The summed E-state index contributed by atoms with van der Waals surface area (Å²) in [6.45, 7) is 1.55. The number of hydrogen-bond acceptors (Lipinski definition) is 1. The van der Waals surface area contributed by atoms with E-state index in [1.807, 2.05) is 22.6 Å². The number of carboxylic acids is 1. The summed E-state index contributed by atoms with van der Waals surface area (Å²) in [4.78, 5) is 9.86. The molecule has 0 heterocycles. The van der Waals surface area contributed by atoms with E-state index < -0.39 is 5.97 Å². The Hall–Kier alpha value is -0.0600. The van der Waals surface area contributed by atoms with Gasteiger partial charge in [0.25, 0.3) is 0 Å². The summed E-state index contributed by atoms with van der Waals surface area (Å²) in [7, 11) is 0. The Morgan fingerprint density at radius 3 is 2.29 bits per heavy atom. The molecule has 0 saturated carbocycles. The Kier molecular flexibility index (Phi) is 2.98. The van der Waals surface area contributed by atoms with Crippen LogP contribution >= 0.6 is 22.6 Å². The van der Waals surface area contributed by atoms with Crippen LogP contribution in [0.2, 0.25) is 0 Å². The van der Waals surface area contributed by atoms with Crippen LogP contribution in [0.1, 0.15) is 6.92 Å². The fourth-order valence-electron chi connectivity index (χ4n) is 0.0467. The largest absolute Gasteiger partial charge is 0.478 e. The van der Waals surface area contributed by atoms with E-state index in [2.05, 4.69) is 0 Å². The predicted octanol–water partition coefficient (Wildman–Crippen LogP) is 1.41. The summed E-state index contributed by atoms with van der Waals surface area (Å²) in [5.41, 5.74) is 0.376. The molecular weight excluding hydrogens is 207 g/mol. The molecule has 0 aromatic rings. The minimum atomic E-state index is -0.852. The topological polar surface area (TPSA) is 37.3 Å². The summed E-state index contributed by atoms with van der Waals surface area (Å²) in [6.07, 6.45) is 0. The molecule has 0 bridgehead atoms. The Bertz CT molecular complexity index is 106. The van der Waals surface area contributed by atoms with Crippen molar-refractivity contribution in [1.82, 2.24) is 0 Å². The standard InChI is InChI=1S/C4H5IO2/c1-3(2-5)4(6)7/h2H,1H3,(H,6,7)/b3-2+. The predicted molar refractivity (Wildman–Crippen MR) is 35.4 cm³/mol. The molecule has 0 aliphatic carbocycles. The zero-order valence-electron chi connectivity index (χ0n) is 3.81. The van der Waals surface area contributed by atoms with Crippen molar-refractivity contribution in [2.45, 2.75) is 6.92 Å². The fourth-order valence-corrected chi connectivity index (χ4v) is 0.313. The third-order valence-electron chi connectivity index (χ3n) is 0.501. The molecule has 0 atom stereocenters. The Morgan fingerprint density at radius 2 is 2.29 bits per heavy atom. The first-order valence-corrected chi connectivity index (χ1v) is 2.93. The SMILES string of the molecule is C/C(=C\I)C(=O)O. The van der Waals surface area contributed by atoms with Crippen LogP contribution in [-0.4, -0.2) is 11.1 Å². The molecular formula is C4H5IO2. The summed E-state index contributed by atoms with van der Waals surface area (Å²) in [6, 6.07) is 0. The van der Waals surface area contributed by atoms with Crippen LogP contribution in [0.3, 0.4) is 0 Å². The van der Waals surface area contributed by atoms with Crippen molar-refractivity contribution in [3.8, 4) is 0 Å². The third kappa shape index (κ3) is 2.61. The molecule has 0 aliphatic rings. The highest BCUT2D eigenvalue weighted by atomic mass is 127. The van der Waals surface area contributed by atoms with Crippen LogP contribution in [0.15, 0.2) is 9.66 Å². The van der Waals surface area contributed by atoms with Gasteiger partial charge in [-0.2, -0.15) is 0 Å². The molecule has 0 amide bonds. The maximum atomic E-state index is 9.86. The van der Waals surface area contributed by atoms with Gasteiger partial charge < -0.3 is 5.11 Å². The van der Waals surface area contributed by atoms with E-state index in [-0.39, 0.29) is 0 Å². The minimum Gasteiger partial charge on any atom is -0.478 e. The van der Waals surface area contributed by atoms with Gasteiger partial charge in [0, 0.05) is 5.57 Å². The van der Waals surface area contributed by atoms with E-state index in [4.69, 9.17) is 5.11 Å². The Labute approximate surface area is 55.4 Å². The zero-order chi connectivity index (χ0) is 5.86. The molecule has 0 unspecified atom stereocenters. The number of carbonyl (C=O) groups is 1. The summed E-state index contributed by atoms with van der Waals surface area (Å²) in [5, 5.41) is 8.11. The van der Waals surface area contributed by atoms with E-state index in [1.54, 1.807) is 6.92 Å². The molecule has 0 rings (SSSR count). The first-order chi connectivity index (χ1) is 3.18.